The quantitative estimate of drug-likeness (QED) is 0.467. The summed E-state index contributed by atoms with van der Waals surface area (Å²) in [4.78, 5) is 4.30. The number of nitrogens with zero attached hydrogens (tertiary/aromatic N) is 2. The van der Waals surface area contributed by atoms with E-state index in [1.54, 1.807) is 24.3 Å². The third kappa shape index (κ3) is 3.14. The molecule has 0 saturated heterocycles. The smallest absolute Gasteiger partial charge is 0.400 e. The number of benzene rings is 3. The molecule has 6 heteroatoms. The minimum atomic E-state index is -3.76. The molecule has 124 valence electrons. The fourth-order valence-electron chi connectivity index (χ4n) is 2.48. The van der Waals surface area contributed by atoms with Crippen LogP contribution in [-0.4, -0.2) is 9.32 Å². The van der Waals surface area contributed by atoms with E-state index in [2.05, 4.69) is 4.98 Å². The van der Waals surface area contributed by atoms with Crippen LogP contribution < -0.4 is 9.05 Å². The highest BCUT2D eigenvalue weighted by Crippen LogP contribution is 2.51. The van der Waals surface area contributed by atoms with Gasteiger partial charge in [-0.05, 0) is 36.4 Å². The summed E-state index contributed by atoms with van der Waals surface area (Å²) in [5, 5.41) is 0. The molecule has 0 fully saturated rings. The van der Waals surface area contributed by atoms with E-state index in [1.807, 2.05) is 60.7 Å². The van der Waals surface area contributed by atoms with Crippen molar-refractivity contribution in [3.05, 3.63) is 91.3 Å². The van der Waals surface area contributed by atoms with Crippen molar-refractivity contribution in [2.75, 3.05) is 0 Å². The number of imidazole rings is 1. The fraction of sp³-hybridized carbons (Fsp3) is 0. The lowest BCUT2D eigenvalue weighted by Crippen LogP contribution is -2.09. The maximum absolute atomic E-state index is 13.7. The van der Waals surface area contributed by atoms with Gasteiger partial charge < -0.3 is 9.05 Å². The van der Waals surface area contributed by atoms with Gasteiger partial charge in [0.05, 0.1) is 11.0 Å². The Hall–Kier alpha value is -3.04. The first kappa shape index (κ1) is 15.5. The van der Waals surface area contributed by atoms with Gasteiger partial charge in [-0.1, -0.05) is 48.5 Å². The highest BCUT2D eigenvalue weighted by molar-refractivity contribution is 7.53. The van der Waals surface area contributed by atoms with Crippen LogP contribution in [0.1, 0.15) is 0 Å². The van der Waals surface area contributed by atoms with Crippen LogP contribution in [0.4, 0.5) is 0 Å². The van der Waals surface area contributed by atoms with E-state index in [4.69, 9.17) is 9.05 Å². The molecule has 0 N–H and O–H groups in total. The summed E-state index contributed by atoms with van der Waals surface area (Å²) in [5.74, 6) is 0.916. The lowest BCUT2D eigenvalue weighted by Gasteiger charge is -2.20. The van der Waals surface area contributed by atoms with Crippen molar-refractivity contribution >= 4 is 18.8 Å². The van der Waals surface area contributed by atoms with E-state index in [1.165, 1.54) is 10.7 Å². The molecule has 0 atom stereocenters. The largest absolute Gasteiger partial charge is 0.549 e. The summed E-state index contributed by atoms with van der Waals surface area (Å²) in [6.07, 6.45) is 1.48. The summed E-state index contributed by atoms with van der Waals surface area (Å²) in [6, 6.07) is 25.3. The van der Waals surface area contributed by atoms with E-state index >= 15 is 0 Å². The summed E-state index contributed by atoms with van der Waals surface area (Å²) in [5.41, 5.74) is 1.40. The molecule has 1 aromatic heterocycles. The van der Waals surface area contributed by atoms with Crippen LogP contribution in [0.15, 0.2) is 91.3 Å². The molecule has 3 aromatic carbocycles. The van der Waals surface area contributed by atoms with E-state index < -0.39 is 7.75 Å². The van der Waals surface area contributed by atoms with Gasteiger partial charge in [-0.15, -0.1) is 0 Å². The molecule has 0 bridgehead atoms. The van der Waals surface area contributed by atoms with E-state index in [0.717, 1.165) is 5.52 Å². The Bertz CT molecular complexity index is 987. The maximum Gasteiger partial charge on any atom is 0.549 e. The standard InChI is InChI=1S/C19H15N2O3P/c22-25(23-16-9-3-1-4-10-16,24-17-11-5-2-6-12-17)21-15-20-18-13-7-8-14-19(18)21/h1-15H. The normalized spacial score (nSPS) is 11.4. The molecule has 4 rings (SSSR count). The average molecular weight is 350 g/mol. The topological polar surface area (TPSA) is 53.4 Å². The molecule has 1 heterocycles. The monoisotopic (exact) mass is 350 g/mol. The predicted octanol–water partition coefficient (Wildman–Crippen LogP) is 5.15. The zero-order valence-corrected chi connectivity index (χ0v) is 14.1. The Morgan fingerprint density at radius 2 is 1.24 bits per heavy atom. The number of aromatic nitrogens is 2. The molecule has 0 spiro atoms. The third-order valence-corrected chi connectivity index (χ3v) is 5.36. The van der Waals surface area contributed by atoms with E-state index in [-0.39, 0.29) is 0 Å². The molecular formula is C19H15N2O3P. The van der Waals surface area contributed by atoms with Crippen molar-refractivity contribution in [2.24, 2.45) is 0 Å². The highest BCUT2D eigenvalue weighted by atomic mass is 31.2. The summed E-state index contributed by atoms with van der Waals surface area (Å²) < 4.78 is 26.8. The van der Waals surface area contributed by atoms with Gasteiger partial charge in [0, 0.05) is 0 Å². The molecule has 5 nitrogen and oxygen atoms in total. The minimum Gasteiger partial charge on any atom is -0.400 e. The van der Waals surface area contributed by atoms with Gasteiger partial charge in [-0.25, -0.2) is 13.9 Å². The summed E-state index contributed by atoms with van der Waals surface area (Å²) in [6.45, 7) is 0. The molecule has 0 aliphatic carbocycles. The number of hydrogen-bond donors (Lipinski definition) is 0. The number of rotatable bonds is 5. The van der Waals surface area contributed by atoms with E-state index in [9.17, 15) is 4.57 Å². The van der Waals surface area contributed by atoms with Gasteiger partial charge in [0.15, 0.2) is 0 Å². The molecule has 0 radical (unpaired) electrons. The third-order valence-electron chi connectivity index (χ3n) is 3.63. The Morgan fingerprint density at radius 3 is 1.84 bits per heavy atom. The lowest BCUT2D eigenvalue weighted by molar-refractivity contribution is 0.376. The Kier molecular flexibility index (Phi) is 4.00. The van der Waals surface area contributed by atoms with Crippen LogP contribution in [0.5, 0.6) is 11.5 Å². The van der Waals surface area contributed by atoms with Crippen molar-refractivity contribution in [3.8, 4) is 11.5 Å². The number of para-hydroxylation sites is 4. The SMILES string of the molecule is O=P(Oc1ccccc1)(Oc1ccccc1)n1cnc2ccccc21. The Balaban J connectivity index is 1.82. The lowest BCUT2D eigenvalue weighted by atomic mass is 10.3. The first-order valence-electron chi connectivity index (χ1n) is 7.77. The van der Waals surface area contributed by atoms with Gasteiger partial charge in [0.2, 0.25) is 0 Å². The second-order valence-electron chi connectivity index (χ2n) is 5.36. The van der Waals surface area contributed by atoms with Crippen molar-refractivity contribution in [1.29, 1.82) is 0 Å². The summed E-state index contributed by atoms with van der Waals surface area (Å²) >= 11 is 0. The van der Waals surface area contributed by atoms with Gasteiger partial charge in [-0.2, -0.15) is 0 Å². The predicted molar refractivity (Wildman–Crippen MR) is 96.9 cm³/mol. The molecule has 0 aliphatic heterocycles. The van der Waals surface area contributed by atoms with Crippen LogP contribution in [0, 0.1) is 0 Å². The minimum absolute atomic E-state index is 0.458. The molecular weight excluding hydrogens is 335 g/mol. The molecule has 0 aliphatic rings. The first-order valence-corrected chi connectivity index (χ1v) is 9.26. The molecule has 4 aromatic rings. The van der Waals surface area contributed by atoms with Crippen LogP contribution in [-0.2, 0) is 4.57 Å². The zero-order chi connectivity index (χ0) is 17.1. The van der Waals surface area contributed by atoms with Crippen molar-refractivity contribution in [3.63, 3.8) is 0 Å². The molecule has 0 unspecified atom stereocenters. The van der Waals surface area contributed by atoms with E-state index in [0.29, 0.717) is 17.0 Å². The van der Waals surface area contributed by atoms with Gasteiger partial charge in [0.1, 0.15) is 17.8 Å². The van der Waals surface area contributed by atoms with Crippen LogP contribution in [0.2, 0.25) is 0 Å². The highest BCUT2D eigenvalue weighted by Gasteiger charge is 2.33. The maximum atomic E-state index is 13.7. The van der Waals surface area contributed by atoms with Gasteiger partial charge in [-0.3, -0.25) is 0 Å². The van der Waals surface area contributed by atoms with Crippen molar-refractivity contribution < 1.29 is 13.6 Å². The Labute approximate surface area is 145 Å². The molecule has 25 heavy (non-hydrogen) atoms. The fourth-order valence-corrected chi connectivity index (χ4v) is 4.08. The molecule has 0 amide bonds. The zero-order valence-electron chi connectivity index (χ0n) is 13.2. The van der Waals surface area contributed by atoms with Crippen LogP contribution in [0.25, 0.3) is 11.0 Å². The summed E-state index contributed by atoms with van der Waals surface area (Å²) in [7, 11) is -3.76. The van der Waals surface area contributed by atoms with Crippen molar-refractivity contribution in [1.82, 2.24) is 9.32 Å². The van der Waals surface area contributed by atoms with Gasteiger partial charge >= 0.3 is 7.75 Å². The molecule has 0 saturated carbocycles. The number of hydrogen-bond acceptors (Lipinski definition) is 4. The van der Waals surface area contributed by atoms with Crippen LogP contribution >= 0.6 is 7.75 Å². The number of fused-ring (bicyclic) bond motifs is 1. The Morgan fingerprint density at radius 1 is 0.720 bits per heavy atom. The second kappa shape index (κ2) is 6.46. The first-order chi connectivity index (χ1) is 12.2. The van der Waals surface area contributed by atoms with Crippen LogP contribution in [0.3, 0.4) is 0 Å². The second-order valence-corrected chi connectivity index (χ2v) is 7.09. The van der Waals surface area contributed by atoms with Gasteiger partial charge in [0.25, 0.3) is 0 Å². The average Bonchev–Trinajstić information content (AvgIpc) is 3.08. The van der Waals surface area contributed by atoms with Crippen molar-refractivity contribution in [2.45, 2.75) is 0 Å².